The summed E-state index contributed by atoms with van der Waals surface area (Å²) in [7, 11) is 3.23. The number of carbonyl (C=O) groups is 1. The van der Waals surface area contributed by atoms with E-state index in [2.05, 4.69) is 10.2 Å². The molecule has 1 aliphatic rings. The third kappa shape index (κ3) is 6.13. The Kier molecular flexibility index (Phi) is 7.97. The van der Waals surface area contributed by atoms with Gasteiger partial charge in [-0.2, -0.15) is 0 Å². The van der Waals surface area contributed by atoms with Crippen molar-refractivity contribution in [2.75, 3.05) is 27.3 Å². The molecule has 1 heterocycles. The fourth-order valence-corrected chi connectivity index (χ4v) is 4.03. The van der Waals surface area contributed by atoms with Crippen LogP contribution >= 0.6 is 0 Å². The van der Waals surface area contributed by atoms with Gasteiger partial charge in [0.05, 0.1) is 14.2 Å². The van der Waals surface area contributed by atoms with E-state index in [1.807, 2.05) is 36.4 Å². The molecule has 6 heteroatoms. The lowest BCUT2D eigenvalue weighted by Crippen LogP contribution is -2.35. The van der Waals surface area contributed by atoms with E-state index in [0.717, 1.165) is 55.8 Å². The summed E-state index contributed by atoms with van der Waals surface area (Å²) in [6, 6.07) is 13.1. The first kappa shape index (κ1) is 22.0. The van der Waals surface area contributed by atoms with Crippen molar-refractivity contribution in [1.82, 2.24) is 10.2 Å². The van der Waals surface area contributed by atoms with E-state index >= 15 is 0 Å². The molecule has 0 aromatic heterocycles. The molecule has 1 aliphatic heterocycles. The van der Waals surface area contributed by atoms with Crippen LogP contribution in [0.2, 0.25) is 0 Å². The van der Waals surface area contributed by atoms with Crippen LogP contribution in [0.1, 0.15) is 36.8 Å². The van der Waals surface area contributed by atoms with Crippen LogP contribution in [0.5, 0.6) is 17.2 Å². The Morgan fingerprint density at radius 3 is 2.77 bits per heavy atom. The summed E-state index contributed by atoms with van der Waals surface area (Å²) in [5.74, 6) is 2.36. The average Bonchev–Trinajstić information content (AvgIpc) is 2.78. The number of carbonyl (C=O) groups excluding carboxylic acids is 1. The molecular weight excluding hydrogens is 380 g/mol. The zero-order valence-electron chi connectivity index (χ0n) is 17.9. The minimum atomic E-state index is 0.0608. The molecular formula is C24H32N2O4. The Labute approximate surface area is 178 Å². The molecule has 2 aromatic carbocycles. The number of rotatable bonds is 9. The first-order valence-corrected chi connectivity index (χ1v) is 10.6. The third-order valence-corrected chi connectivity index (χ3v) is 5.74. The summed E-state index contributed by atoms with van der Waals surface area (Å²) < 4.78 is 10.6. The van der Waals surface area contributed by atoms with E-state index in [-0.39, 0.29) is 5.91 Å². The van der Waals surface area contributed by atoms with E-state index in [4.69, 9.17) is 9.47 Å². The van der Waals surface area contributed by atoms with Gasteiger partial charge in [-0.15, -0.1) is 0 Å². The van der Waals surface area contributed by atoms with E-state index in [1.165, 1.54) is 0 Å². The Balaban J connectivity index is 1.44. The van der Waals surface area contributed by atoms with Crippen LogP contribution in [0.25, 0.3) is 0 Å². The molecule has 1 fully saturated rings. The minimum absolute atomic E-state index is 0.0608. The van der Waals surface area contributed by atoms with Crippen LogP contribution < -0.4 is 14.8 Å². The van der Waals surface area contributed by atoms with E-state index in [0.29, 0.717) is 30.4 Å². The smallest absolute Gasteiger partial charge is 0.220 e. The molecule has 1 amide bonds. The Morgan fingerprint density at radius 2 is 2.00 bits per heavy atom. The van der Waals surface area contributed by atoms with Gasteiger partial charge in [0.25, 0.3) is 0 Å². The summed E-state index contributed by atoms with van der Waals surface area (Å²) in [6.07, 6.45) is 3.68. The summed E-state index contributed by atoms with van der Waals surface area (Å²) in [4.78, 5) is 14.8. The number of piperidine rings is 1. The van der Waals surface area contributed by atoms with Crippen molar-refractivity contribution < 1.29 is 19.4 Å². The van der Waals surface area contributed by atoms with E-state index < -0.39 is 0 Å². The quantitative estimate of drug-likeness (QED) is 0.657. The summed E-state index contributed by atoms with van der Waals surface area (Å²) >= 11 is 0. The third-order valence-electron chi connectivity index (χ3n) is 5.74. The zero-order chi connectivity index (χ0) is 21.3. The zero-order valence-corrected chi connectivity index (χ0v) is 17.9. The van der Waals surface area contributed by atoms with Crippen LogP contribution in [-0.2, 0) is 17.9 Å². The number of nitrogens with zero attached hydrogens (tertiary/aromatic N) is 1. The maximum Gasteiger partial charge on any atom is 0.220 e. The van der Waals surface area contributed by atoms with Crippen LogP contribution in [0.15, 0.2) is 42.5 Å². The van der Waals surface area contributed by atoms with Gasteiger partial charge in [0.15, 0.2) is 0 Å². The monoisotopic (exact) mass is 412 g/mol. The van der Waals surface area contributed by atoms with E-state index in [9.17, 15) is 9.90 Å². The predicted molar refractivity (Wildman–Crippen MR) is 117 cm³/mol. The van der Waals surface area contributed by atoms with Gasteiger partial charge < -0.3 is 19.9 Å². The van der Waals surface area contributed by atoms with Gasteiger partial charge in [0.2, 0.25) is 5.91 Å². The molecule has 3 rings (SSSR count). The first-order chi connectivity index (χ1) is 14.6. The highest BCUT2D eigenvalue weighted by molar-refractivity contribution is 5.75. The van der Waals surface area contributed by atoms with Crippen molar-refractivity contribution in [1.29, 1.82) is 0 Å². The van der Waals surface area contributed by atoms with Crippen molar-refractivity contribution >= 4 is 5.91 Å². The number of likely N-dealkylation sites (tertiary alicyclic amines) is 1. The van der Waals surface area contributed by atoms with Crippen LogP contribution in [0.3, 0.4) is 0 Å². The Hall–Kier alpha value is -2.73. The van der Waals surface area contributed by atoms with Crippen LogP contribution in [-0.4, -0.2) is 43.2 Å². The molecule has 6 nitrogen and oxygen atoms in total. The van der Waals surface area contributed by atoms with Gasteiger partial charge in [0.1, 0.15) is 17.2 Å². The molecule has 0 bridgehead atoms. The van der Waals surface area contributed by atoms with Crippen LogP contribution in [0, 0.1) is 5.92 Å². The second kappa shape index (κ2) is 10.9. The molecule has 30 heavy (non-hydrogen) atoms. The summed E-state index contributed by atoms with van der Waals surface area (Å²) in [5.41, 5.74) is 1.89. The number of amides is 1. The molecule has 2 N–H and O–H groups in total. The maximum absolute atomic E-state index is 12.4. The highest BCUT2D eigenvalue weighted by Crippen LogP contribution is 2.26. The lowest BCUT2D eigenvalue weighted by atomic mass is 9.93. The number of aromatic hydroxyl groups is 1. The first-order valence-electron chi connectivity index (χ1n) is 10.6. The fourth-order valence-electron chi connectivity index (χ4n) is 4.03. The number of ether oxygens (including phenoxy) is 2. The summed E-state index contributed by atoms with van der Waals surface area (Å²) in [6.45, 7) is 3.20. The van der Waals surface area contributed by atoms with Crippen molar-refractivity contribution in [2.45, 2.75) is 38.8 Å². The molecule has 0 radical (unpaired) electrons. The number of nitrogens with one attached hydrogen (secondary N) is 1. The molecule has 162 valence electrons. The van der Waals surface area contributed by atoms with Gasteiger partial charge in [-0.05, 0) is 49.9 Å². The van der Waals surface area contributed by atoms with Gasteiger partial charge in [-0.3, -0.25) is 9.69 Å². The number of benzene rings is 2. The predicted octanol–water partition coefficient (Wildman–Crippen LogP) is 3.72. The molecule has 0 saturated carbocycles. The van der Waals surface area contributed by atoms with Crippen molar-refractivity contribution in [2.24, 2.45) is 5.92 Å². The second-order valence-corrected chi connectivity index (χ2v) is 7.87. The van der Waals surface area contributed by atoms with Gasteiger partial charge in [-0.25, -0.2) is 0 Å². The molecule has 1 saturated heterocycles. The van der Waals surface area contributed by atoms with Gasteiger partial charge >= 0.3 is 0 Å². The SMILES string of the molecule is COc1ccc(CNC(=O)CCC2CCCN(Cc3ccccc3O)C2)c(OC)c1. The lowest BCUT2D eigenvalue weighted by molar-refractivity contribution is -0.121. The number of phenols is 1. The normalized spacial score (nSPS) is 16.8. The van der Waals surface area contributed by atoms with Crippen molar-refractivity contribution in [3.63, 3.8) is 0 Å². The van der Waals surface area contributed by atoms with Crippen molar-refractivity contribution in [3.8, 4) is 17.2 Å². The standard InChI is InChI=1S/C24H32N2O4/c1-29-21-11-10-19(23(14-21)30-2)15-25-24(28)12-9-18-6-5-13-26(16-18)17-20-7-3-4-8-22(20)27/h3-4,7-8,10-11,14,18,27H,5-6,9,12-13,15-17H2,1-2H3,(H,25,28). The highest BCUT2D eigenvalue weighted by Gasteiger charge is 2.21. The Morgan fingerprint density at radius 1 is 1.17 bits per heavy atom. The lowest BCUT2D eigenvalue weighted by Gasteiger charge is -2.32. The van der Waals surface area contributed by atoms with E-state index in [1.54, 1.807) is 20.3 Å². The molecule has 0 spiro atoms. The second-order valence-electron chi connectivity index (χ2n) is 7.87. The summed E-state index contributed by atoms with van der Waals surface area (Å²) in [5, 5.41) is 13.0. The van der Waals surface area contributed by atoms with Gasteiger partial charge in [-0.1, -0.05) is 18.2 Å². The largest absolute Gasteiger partial charge is 0.508 e. The highest BCUT2D eigenvalue weighted by atomic mass is 16.5. The number of methoxy groups -OCH3 is 2. The number of para-hydroxylation sites is 1. The van der Waals surface area contributed by atoms with Crippen LogP contribution in [0.4, 0.5) is 0 Å². The molecule has 2 aromatic rings. The molecule has 0 aliphatic carbocycles. The fraction of sp³-hybridized carbons (Fsp3) is 0.458. The minimum Gasteiger partial charge on any atom is -0.508 e. The Bertz CT molecular complexity index is 840. The molecule has 1 unspecified atom stereocenters. The number of hydrogen-bond donors (Lipinski definition) is 2. The van der Waals surface area contributed by atoms with Gasteiger partial charge in [0, 0.05) is 43.2 Å². The van der Waals surface area contributed by atoms with Crippen molar-refractivity contribution in [3.05, 3.63) is 53.6 Å². The average molecular weight is 413 g/mol. The number of phenolic OH excluding ortho intramolecular Hbond substituents is 1. The maximum atomic E-state index is 12.4. The molecule has 1 atom stereocenters. The topological polar surface area (TPSA) is 71.0 Å². The number of hydrogen-bond acceptors (Lipinski definition) is 5.